The van der Waals surface area contributed by atoms with E-state index < -0.39 is 0 Å². The number of rotatable bonds is 2. The fourth-order valence-electron chi connectivity index (χ4n) is 1.84. The smallest absolute Gasteiger partial charge is 0.0408 e. The minimum atomic E-state index is 0.800. The number of hydrogen-bond donors (Lipinski definition) is 0. The van der Waals surface area contributed by atoms with Crippen LogP contribution in [0.3, 0.4) is 0 Å². The van der Waals surface area contributed by atoms with Crippen LogP contribution in [0.15, 0.2) is 24.3 Å². The molecule has 0 aliphatic heterocycles. The Morgan fingerprint density at radius 1 is 1.50 bits per heavy atom. The lowest BCUT2D eigenvalue weighted by atomic mass is 10.1. The van der Waals surface area contributed by atoms with Crippen molar-refractivity contribution in [1.29, 1.82) is 0 Å². The van der Waals surface area contributed by atoms with Crippen LogP contribution in [-0.2, 0) is 0 Å². The van der Waals surface area contributed by atoms with Gasteiger partial charge in [-0.2, -0.15) is 0 Å². The van der Waals surface area contributed by atoms with Crippen LogP contribution in [0.2, 0.25) is 5.02 Å². The van der Waals surface area contributed by atoms with Crippen LogP contribution in [0.25, 0.3) is 0 Å². The van der Waals surface area contributed by atoms with Gasteiger partial charge in [0.15, 0.2) is 0 Å². The first kappa shape index (κ1) is 8.12. The van der Waals surface area contributed by atoms with E-state index >= 15 is 0 Å². The predicted octanol–water partition coefficient (Wildman–Crippen LogP) is 3.85. The van der Waals surface area contributed by atoms with Gasteiger partial charge in [0.05, 0.1) is 0 Å². The first-order valence-corrected chi connectivity index (χ1v) is 4.94. The number of benzene rings is 1. The third-order valence-electron chi connectivity index (χ3n) is 2.72. The third-order valence-corrected chi connectivity index (χ3v) is 2.96. The van der Waals surface area contributed by atoms with Crippen molar-refractivity contribution < 1.29 is 0 Å². The number of halogens is 1. The minimum Gasteiger partial charge on any atom is -0.0843 e. The van der Waals surface area contributed by atoms with E-state index in [9.17, 15) is 0 Å². The highest BCUT2D eigenvalue weighted by Gasteiger charge is 2.36. The van der Waals surface area contributed by atoms with Gasteiger partial charge >= 0.3 is 0 Å². The molecule has 0 saturated heterocycles. The van der Waals surface area contributed by atoms with Crippen molar-refractivity contribution in [2.24, 2.45) is 5.92 Å². The van der Waals surface area contributed by atoms with Gasteiger partial charge in [0.2, 0.25) is 0 Å². The Labute approximate surface area is 78.6 Å². The molecule has 64 valence electrons. The molecule has 0 amide bonds. The van der Waals surface area contributed by atoms with Crippen LogP contribution >= 0.6 is 11.6 Å². The second kappa shape index (κ2) is 3.10. The van der Waals surface area contributed by atoms with Crippen LogP contribution in [-0.4, -0.2) is 0 Å². The zero-order valence-corrected chi connectivity index (χ0v) is 8.01. The first-order chi connectivity index (χ1) is 5.81. The van der Waals surface area contributed by atoms with Crippen molar-refractivity contribution in [3.05, 3.63) is 34.9 Å². The van der Waals surface area contributed by atoms with Gasteiger partial charge in [-0.3, -0.25) is 0 Å². The molecular formula is C11H13Cl. The van der Waals surface area contributed by atoms with E-state index in [1.165, 1.54) is 18.4 Å². The molecule has 1 aliphatic carbocycles. The Balaban J connectivity index is 2.14. The van der Waals surface area contributed by atoms with E-state index in [1.807, 2.05) is 12.1 Å². The second-order valence-corrected chi connectivity index (χ2v) is 4.00. The third kappa shape index (κ3) is 1.49. The molecule has 1 heteroatoms. The molecule has 2 unspecified atom stereocenters. The molecule has 0 spiro atoms. The SMILES string of the molecule is CCC1CC1c1cccc(Cl)c1. The summed E-state index contributed by atoms with van der Waals surface area (Å²) in [5, 5.41) is 0.870. The Morgan fingerprint density at radius 2 is 2.33 bits per heavy atom. The molecule has 0 heterocycles. The summed E-state index contributed by atoms with van der Waals surface area (Å²) in [5.74, 6) is 1.72. The molecule has 2 rings (SSSR count). The lowest BCUT2D eigenvalue weighted by molar-refractivity contribution is 0.766. The maximum atomic E-state index is 5.91. The van der Waals surface area contributed by atoms with Gasteiger partial charge in [-0.25, -0.2) is 0 Å². The first-order valence-electron chi connectivity index (χ1n) is 4.56. The molecule has 0 aromatic heterocycles. The quantitative estimate of drug-likeness (QED) is 0.649. The minimum absolute atomic E-state index is 0.800. The lowest BCUT2D eigenvalue weighted by Gasteiger charge is -1.98. The van der Waals surface area contributed by atoms with Crippen LogP contribution in [0.1, 0.15) is 31.2 Å². The Hall–Kier alpha value is -0.490. The van der Waals surface area contributed by atoms with Crippen LogP contribution in [0.5, 0.6) is 0 Å². The van der Waals surface area contributed by atoms with Gasteiger partial charge in [-0.15, -0.1) is 0 Å². The molecule has 1 aromatic carbocycles. The van der Waals surface area contributed by atoms with Crippen LogP contribution in [0, 0.1) is 5.92 Å². The van der Waals surface area contributed by atoms with E-state index in [0.717, 1.165) is 16.9 Å². The maximum absolute atomic E-state index is 5.91. The summed E-state index contributed by atoms with van der Waals surface area (Å²) in [6, 6.07) is 8.27. The highest BCUT2D eigenvalue weighted by Crippen LogP contribution is 2.49. The van der Waals surface area contributed by atoms with Crippen molar-refractivity contribution in [2.45, 2.75) is 25.7 Å². The summed E-state index contributed by atoms with van der Waals surface area (Å²) in [6.45, 7) is 2.26. The Morgan fingerprint density at radius 3 is 2.92 bits per heavy atom. The average molecular weight is 181 g/mol. The van der Waals surface area contributed by atoms with Crippen LogP contribution < -0.4 is 0 Å². The van der Waals surface area contributed by atoms with E-state index in [0.29, 0.717) is 0 Å². The Bertz CT molecular complexity index is 280. The van der Waals surface area contributed by atoms with E-state index in [1.54, 1.807) is 0 Å². The molecule has 12 heavy (non-hydrogen) atoms. The lowest BCUT2D eigenvalue weighted by Crippen LogP contribution is -1.81. The van der Waals surface area contributed by atoms with Gasteiger partial charge in [0, 0.05) is 5.02 Å². The van der Waals surface area contributed by atoms with Gasteiger partial charge < -0.3 is 0 Å². The Kier molecular flexibility index (Phi) is 2.10. The molecule has 1 aromatic rings. The average Bonchev–Trinajstić information content (AvgIpc) is 2.83. The molecule has 1 fully saturated rings. The van der Waals surface area contributed by atoms with E-state index in [4.69, 9.17) is 11.6 Å². The fraction of sp³-hybridized carbons (Fsp3) is 0.455. The summed E-state index contributed by atoms with van der Waals surface area (Å²) < 4.78 is 0. The molecule has 1 aliphatic rings. The highest BCUT2D eigenvalue weighted by atomic mass is 35.5. The summed E-state index contributed by atoms with van der Waals surface area (Å²) >= 11 is 5.91. The standard InChI is InChI=1S/C11H13Cl/c1-2-8-7-11(8)9-4-3-5-10(12)6-9/h3-6,8,11H,2,7H2,1H3. The molecule has 0 bridgehead atoms. The molecule has 0 N–H and O–H groups in total. The van der Waals surface area contributed by atoms with Gasteiger partial charge in [-0.1, -0.05) is 37.1 Å². The van der Waals surface area contributed by atoms with Gasteiger partial charge in [0.25, 0.3) is 0 Å². The van der Waals surface area contributed by atoms with Crippen molar-refractivity contribution >= 4 is 11.6 Å². The summed E-state index contributed by atoms with van der Waals surface area (Å²) in [5.41, 5.74) is 1.43. The van der Waals surface area contributed by atoms with Crippen molar-refractivity contribution in [1.82, 2.24) is 0 Å². The van der Waals surface area contributed by atoms with Crippen LogP contribution in [0.4, 0.5) is 0 Å². The molecule has 0 radical (unpaired) electrons. The second-order valence-electron chi connectivity index (χ2n) is 3.57. The zero-order valence-electron chi connectivity index (χ0n) is 7.26. The molecular weight excluding hydrogens is 168 g/mol. The molecule has 2 atom stereocenters. The fourth-order valence-corrected chi connectivity index (χ4v) is 2.04. The molecule has 0 nitrogen and oxygen atoms in total. The van der Waals surface area contributed by atoms with E-state index in [2.05, 4.69) is 19.1 Å². The number of hydrogen-bond acceptors (Lipinski definition) is 0. The van der Waals surface area contributed by atoms with Crippen molar-refractivity contribution in [3.8, 4) is 0 Å². The van der Waals surface area contributed by atoms with Gasteiger partial charge in [0.1, 0.15) is 0 Å². The largest absolute Gasteiger partial charge is 0.0843 e. The van der Waals surface area contributed by atoms with Crippen molar-refractivity contribution in [3.63, 3.8) is 0 Å². The summed E-state index contributed by atoms with van der Waals surface area (Å²) in [4.78, 5) is 0. The zero-order chi connectivity index (χ0) is 8.55. The summed E-state index contributed by atoms with van der Waals surface area (Å²) in [7, 11) is 0. The maximum Gasteiger partial charge on any atom is 0.0408 e. The predicted molar refractivity (Wildman–Crippen MR) is 52.6 cm³/mol. The monoisotopic (exact) mass is 180 g/mol. The summed E-state index contributed by atoms with van der Waals surface area (Å²) in [6.07, 6.45) is 2.66. The van der Waals surface area contributed by atoms with Gasteiger partial charge in [-0.05, 0) is 36.0 Å². The topological polar surface area (TPSA) is 0 Å². The van der Waals surface area contributed by atoms with E-state index in [-0.39, 0.29) is 0 Å². The molecule has 1 saturated carbocycles. The van der Waals surface area contributed by atoms with Crippen molar-refractivity contribution in [2.75, 3.05) is 0 Å². The normalized spacial score (nSPS) is 27.2. The highest BCUT2D eigenvalue weighted by molar-refractivity contribution is 6.30.